The van der Waals surface area contributed by atoms with Gasteiger partial charge in [0.25, 0.3) is 5.91 Å². The second-order valence-corrected chi connectivity index (χ2v) is 3.35. The van der Waals surface area contributed by atoms with E-state index >= 15 is 0 Å². The van der Waals surface area contributed by atoms with E-state index in [9.17, 15) is 9.18 Å². The Morgan fingerprint density at radius 2 is 2.20 bits per heavy atom. The summed E-state index contributed by atoms with van der Waals surface area (Å²) in [5, 5.41) is 2.83. The average molecular weight is 210 g/mol. The van der Waals surface area contributed by atoms with Gasteiger partial charge in [-0.3, -0.25) is 4.79 Å². The first-order valence-corrected chi connectivity index (χ1v) is 5.09. The topological polar surface area (TPSA) is 42.0 Å². The highest BCUT2D eigenvalue weighted by atomic mass is 19.1. The van der Waals surface area contributed by atoms with Crippen molar-refractivity contribution >= 4 is 5.91 Å². The summed E-state index contributed by atoms with van der Waals surface area (Å²) >= 11 is 0. The molecule has 0 aliphatic heterocycles. The van der Waals surface area contributed by atoms with Crippen LogP contribution in [0.2, 0.25) is 0 Å². The normalized spacial score (nSPS) is 10.4. The van der Waals surface area contributed by atoms with Crippen LogP contribution in [0.4, 0.5) is 4.39 Å². The molecule has 1 aromatic heterocycles. The van der Waals surface area contributed by atoms with Gasteiger partial charge in [0.15, 0.2) is 0 Å². The molecule has 0 aliphatic carbocycles. The predicted octanol–water partition coefficient (Wildman–Crippen LogP) is 2.14. The van der Waals surface area contributed by atoms with Crippen LogP contribution in [0.25, 0.3) is 0 Å². The van der Waals surface area contributed by atoms with Crippen molar-refractivity contribution in [2.24, 2.45) is 0 Å². The number of amides is 1. The van der Waals surface area contributed by atoms with Gasteiger partial charge in [0.1, 0.15) is 0 Å². The zero-order chi connectivity index (χ0) is 11.3. The molecule has 4 heteroatoms. The Labute approximate surface area is 88.7 Å². The van der Waals surface area contributed by atoms with Crippen molar-refractivity contribution in [3.63, 3.8) is 0 Å². The molecule has 0 bridgehead atoms. The van der Waals surface area contributed by atoms with Crippen LogP contribution in [-0.2, 0) is 0 Å². The van der Waals surface area contributed by atoms with Gasteiger partial charge in [-0.1, -0.05) is 13.8 Å². The zero-order valence-electron chi connectivity index (χ0n) is 8.96. The molecule has 15 heavy (non-hydrogen) atoms. The van der Waals surface area contributed by atoms with Gasteiger partial charge < -0.3 is 5.32 Å². The molecule has 0 radical (unpaired) electrons. The Bertz CT molecular complexity index is 337. The number of halogens is 1. The van der Waals surface area contributed by atoms with Crippen molar-refractivity contribution in [3.05, 3.63) is 29.8 Å². The third kappa shape index (κ3) is 3.31. The molecule has 0 aromatic carbocycles. The number of hydrogen-bond acceptors (Lipinski definition) is 2. The fourth-order valence-corrected chi connectivity index (χ4v) is 1.31. The number of carbonyl (C=O) groups is 1. The standard InChI is InChI=1S/C11H15FN2O/c1-3-9(4-2)14-11(15)8-5-6-13-10(12)7-8/h5-7,9H,3-4H2,1-2H3,(H,14,15). The lowest BCUT2D eigenvalue weighted by molar-refractivity contribution is 0.0934. The van der Waals surface area contributed by atoms with E-state index in [4.69, 9.17) is 0 Å². The highest BCUT2D eigenvalue weighted by Gasteiger charge is 2.10. The summed E-state index contributed by atoms with van der Waals surface area (Å²) in [6, 6.07) is 2.78. The highest BCUT2D eigenvalue weighted by Crippen LogP contribution is 2.03. The number of nitrogens with zero attached hydrogens (tertiary/aromatic N) is 1. The van der Waals surface area contributed by atoms with E-state index in [1.807, 2.05) is 13.8 Å². The van der Waals surface area contributed by atoms with Crippen molar-refractivity contribution in [2.45, 2.75) is 32.7 Å². The molecule has 1 rings (SSSR count). The Balaban J connectivity index is 2.68. The third-order valence-electron chi connectivity index (χ3n) is 2.31. The molecule has 0 unspecified atom stereocenters. The lowest BCUT2D eigenvalue weighted by Gasteiger charge is -2.14. The second-order valence-electron chi connectivity index (χ2n) is 3.35. The smallest absolute Gasteiger partial charge is 0.251 e. The molecule has 1 heterocycles. The van der Waals surface area contributed by atoms with Crippen molar-refractivity contribution in [3.8, 4) is 0 Å². The minimum absolute atomic E-state index is 0.147. The lowest BCUT2D eigenvalue weighted by atomic mass is 10.1. The van der Waals surface area contributed by atoms with E-state index in [2.05, 4.69) is 10.3 Å². The molecule has 1 aromatic rings. The maximum Gasteiger partial charge on any atom is 0.251 e. The Kier molecular flexibility index (Phi) is 4.21. The number of pyridine rings is 1. The minimum atomic E-state index is -0.632. The molecular weight excluding hydrogens is 195 g/mol. The van der Waals surface area contributed by atoms with Crippen LogP contribution >= 0.6 is 0 Å². The number of rotatable bonds is 4. The second kappa shape index (κ2) is 5.44. The van der Waals surface area contributed by atoms with E-state index in [-0.39, 0.29) is 11.9 Å². The van der Waals surface area contributed by atoms with Crippen LogP contribution in [0.5, 0.6) is 0 Å². The summed E-state index contributed by atoms with van der Waals surface area (Å²) in [6.45, 7) is 4.00. The van der Waals surface area contributed by atoms with Gasteiger partial charge in [0.2, 0.25) is 5.95 Å². The van der Waals surface area contributed by atoms with Gasteiger partial charge in [0.05, 0.1) is 0 Å². The number of nitrogens with one attached hydrogen (secondary N) is 1. The van der Waals surface area contributed by atoms with Gasteiger partial charge in [0, 0.05) is 23.9 Å². The van der Waals surface area contributed by atoms with Crippen LogP contribution < -0.4 is 5.32 Å². The predicted molar refractivity (Wildman–Crippen MR) is 56.0 cm³/mol. The molecule has 82 valence electrons. The van der Waals surface area contributed by atoms with Crippen molar-refractivity contribution in [2.75, 3.05) is 0 Å². The summed E-state index contributed by atoms with van der Waals surface area (Å²) in [4.78, 5) is 15.0. The zero-order valence-corrected chi connectivity index (χ0v) is 8.96. The van der Waals surface area contributed by atoms with Crippen molar-refractivity contribution < 1.29 is 9.18 Å². The molecule has 1 N–H and O–H groups in total. The molecule has 3 nitrogen and oxygen atoms in total. The highest BCUT2D eigenvalue weighted by molar-refractivity contribution is 5.94. The molecule has 0 spiro atoms. The summed E-state index contributed by atoms with van der Waals surface area (Å²) in [7, 11) is 0. The monoisotopic (exact) mass is 210 g/mol. The molecule has 0 atom stereocenters. The first-order valence-electron chi connectivity index (χ1n) is 5.09. The molecular formula is C11H15FN2O. The van der Waals surface area contributed by atoms with Gasteiger partial charge in [-0.25, -0.2) is 4.98 Å². The molecule has 0 fully saturated rings. The molecule has 0 aliphatic rings. The molecule has 1 amide bonds. The van der Waals surface area contributed by atoms with Gasteiger partial charge in [-0.15, -0.1) is 0 Å². The van der Waals surface area contributed by atoms with E-state index in [1.54, 1.807) is 0 Å². The summed E-state index contributed by atoms with van der Waals surface area (Å²) in [5.41, 5.74) is 0.314. The van der Waals surface area contributed by atoms with E-state index in [0.717, 1.165) is 18.9 Å². The van der Waals surface area contributed by atoms with Gasteiger partial charge in [-0.2, -0.15) is 4.39 Å². The number of aromatic nitrogens is 1. The van der Waals surface area contributed by atoms with E-state index < -0.39 is 5.95 Å². The van der Waals surface area contributed by atoms with E-state index in [1.165, 1.54) is 12.3 Å². The Morgan fingerprint density at radius 1 is 1.53 bits per heavy atom. The van der Waals surface area contributed by atoms with Crippen molar-refractivity contribution in [1.82, 2.24) is 10.3 Å². The lowest BCUT2D eigenvalue weighted by Crippen LogP contribution is -2.33. The van der Waals surface area contributed by atoms with Crippen LogP contribution in [0.15, 0.2) is 18.3 Å². The first kappa shape index (κ1) is 11.6. The number of carbonyl (C=O) groups excluding carboxylic acids is 1. The Morgan fingerprint density at radius 3 is 2.73 bits per heavy atom. The fourth-order valence-electron chi connectivity index (χ4n) is 1.31. The van der Waals surface area contributed by atoms with E-state index in [0.29, 0.717) is 5.56 Å². The summed E-state index contributed by atoms with van der Waals surface area (Å²) < 4.78 is 12.7. The van der Waals surface area contributed by atoms with Crippen LogP contribution in [0, 0.1) is 5.95 Å². The van der Waals surface area contributed by atoms with Crippen LogP contribution in [0.3, 0.4) is 0 Å². The van der Waals surface area contributed by atoms with Gasteiger partial charge in [-0.05, 0) is 18.9 Å². The summed E-state index contributed by atoms with van der Waals surface area (Å²) in [5.74, 6) is -0.878. The van der Waals surface area contributed by atoms with Crippen LogP contribution in [-0.4, -0.2) is 16.9 Å². The Hall–Kier alpha value is -1.45. The first-order chi connectivity index (χ1) is 7.17. The maximum atomic E-state index is 12.7. The van der Waals surface area contributed by atoms with Crippen LogP contribution in [0.1, 0.15) is 37.0 Å². The SMILES string of the molecule is CCC(CC)NC(=O)c1ccnc(F)c1. The maximum absolute atomic E-state index is 12.7. The fraction of sp³-hybridized carbons (Fsp3) is 0.455. The third-order valence-corrected chi connectivity index (χ3v) is 2.31. The molecule has 0 saturated carbocycles. The number of hydrogen-bond donors (Lipinski definition) is 1. The average Bonchev–Trinajstić information content (AvgIpc) is 2.25. The molecule has 0 saturated heterocycles. The van der Waals surface area contributed by atoms with Crippen molar-refractivity contribution in [1.29, 1.82) is 0 Å². The summed E-state index contributed by atoms with van der Waals surface area (Å²) in [6.07, 6.45) is 3.03. The quantitative estimate of drug-likeness (QED) is 0.773. The largest absolute Gasteiger partial charge is 0.349 e. The minimum Gasteiger partial charge on any atom is -0.349 e. The van der Waals surface area contributed by atoms with Gasteiger partial charge >= 0.3 is 0 Å².